The number of hydrogen-bond donors (Lipinski definition) is 1. The molecule has 1 unspecified atom stereocenters. The normalized spacial score (nSPS) is 14.7. The van der Waals surface area contributed by atoms with Gasteiger partial charge >= 0.3 is 0 Å². The Hall–Kier alpha value is -4.15. The van der Waals surface area contributed by atoms with Gasteiger partial charge in [-0.3, -0.25) is 9.78 Å². The van der Waals surface area contributed by atoms with E-state index in [4.69, 9.17) is 4.74 Å². The van der Waals surface area contributed by atoms with Crippen LogP contribution >= 0.6 is 0 Å². The van der Waals surface area contributed by atoms with Gasteiger partial charge in [0.2, 0.25) is 11.0 Å². The predicted molar refractivity (Wildman–Crippen MR) is 142 cm³/mol. The first-order chi connectivity index (χ1) is 18.1. The van der Waals surface area contributed by atoms with E-state index in [0.29, 0.717) is 27.8 Å². The standard InChI is InChI=1S/C27H26N6O3S/c1-32-14-16-33(17-15-32)24-19-29-27(31-26(24)36-22-10-12-28-13-11-22)37(35)23-9-5-8-21(18-23)30-25(34)20-6-3-2-4-7-20/h2-13,18-19H,14-17H2,1H3,(H,30,34). The van der Waals surface area contributed by atoms with Gasteiger partial charge in [0.15, 0.2) is 0 Å². The number of carbonyl (C=O) groups excluding carboxylic acids is 1. The maximum atomic E-state index is 13.5. The van der Waals surface area contributed by atoms with E-state index in [1.807, 2.05) is 6.07 Å². The Kier molecular flexibility index (Phi) is 7.48. The quantitative estimate of drug-likeness (QED) is 0.372. The molecule has 9 nitrogen and oxygen atoms in total. The number of aromatic nitrogens is 3. The molecule has 1 fully saturated rings. The second-order valence-corrected chi connectivity index (χ2v) is 9.91. The van der Waals surface area contributed by atoms with Crippen LogP contribution in [0.5, 0.6) is 11.6 Å². The fourth-order valence-electron chi connectivity index (χ4n) is 3.88. The van der Waals surface area contributed by atoms with Gasteiger partial charge in [-0.25, -0.2) is 9.19 Å². The van der Waals surface area contributed by atoms with Crippen molar-refractivity contribution in [3.8, 4) is 11.6 Å². The molecular weight excluding hydrogens is 488 g/mol. The Morgan fingerprint density at radius 2 is 1.73 bits per heavy atom. The molecule has 1 aliphatic rings. The third-order valence-corrected chi connectivity index (χ3v) is 7.14. The molecule has 1 aliphatic heterocycles. The molecule has 2 aromatic heterocycles. The van der Waals surface area contributed by atoms with Crippen LogP contribution in [0.2, 0.25) is 0 Å². The van der Waals surface area contributed by atoms with Crippen molar-refractivity contribution in [3.63, 3.8) is 0 Å². The molecular formula is C27H26N6O3S. The van der Waals surface area contributed by atoms with Crippen LogP contribution < -0.4 is 15.0 Å². The number of anilines is 2. The summed E-state index contributed by atoms with van der Waals surface area (Å²) in [7, 11) is 0.392. The van der Waals surface area contributed by atoms with E-state index in [2.05, 4.69) is 37.1 Å². The molecule has 0 saturated carbocycles. The second-order valence-electron chi connectivity index (χ2n) is 8.53. The summed E-state index contributed by atoms with van der Waals surface area (Å²) in [6.45, 7) is 3.42. The minimum Gasteiger partial charge on any atom is -0.437 e. The molecule has 1 atom stereocenters. The van der Waals surface area contributed by atoms with Crippen molar-refractivity contribution in [2.75, 3.05) is 43.4 Å². The Labute approximate surface area is 217 Å². The summed E-state index contributed by atoms with van der Waals surface area (Å²) < 4.78 is 19.6. The molecule has 37 heavy (non-hydrogen) atoms. The summed E-state index contributed by atoms with van der Waals surface area (Å²) in [5, 5.41) is 2.97. The molecule has 188 valence electrons. The molecule has 4 aromatic rings. The molecule has 10 heteroatoms. The number of likely N-dealkylation sites (N-methyl/N-ethyl adjacent to an activating group) is 1. The van der Waals surface area contributed by atoms with Gasteiger partial charge in [0.25, 0.3) is 5.91 Å². The summed E-state index contributed by atoms with van der Waals surface area (Å²) in [5.41, 5.74) is 1.81. The average molecular weight is 515 g/mol. The first kappa shape index (κ1) is 24.5. The molecule has 0 bridgehead atoms. The van der Waals surface area contributed by atoms with Gasteiger partial charge < -0.3 is 19.9 Å². The SMILES string of the molecule is CN1CCN(c2cnc(S(=O)c3cccc(NC(=O)c4ccccc4)c3)nc2Oc2ccncc2)CC1. The molecule has 0 radical (unpaired) electrons. The maximum absolute atomic E-state index is 13.5. The Morgan fingerprint density at radius 3 is 2.49 bits per heavy atom. The number of carbonyl (C=O) groups is 1. The highest BCUT2D eigenvalue weighted by Crippen LogP contribution is 2.31. The zero-order chi connectivity index (χ0) is 25.6. The predicted octanol–water partition coefficient (Wildman–Crippen LogP) is 3.83. The van der Waals surface area contributed by atoms with Crippen LogP contribution in [0.3, 0.4) is 0 Å². The van der Waals surface area contributed by atoms with Crippen molar-refractivity contribution in [2.24, 2.45) is 0 Å². The van der Waals surface area contributed by atoms with E-state index in [-0.39, 0.29) is 11.1 Å². The summed E-state index contributed by atoms with van der Waals surface area (Å²) in [6, 6.07) is 19.3. The van der Waals surface area contributed by atoms with E-state index in [1.54, 1.807) is 79.3 Å². The van der Waals surface area contributed by atoms with E-state index >= 15 is 0 Å². The maximum Gasteiger partial charge on any atom is 0.255 e. The van der Waals surface area contributed by atoms with Crippen LogP contribution in [0.4, 0.5) is 11.4 Å². The monoisotopic (exact) mass is 514 g/mol. The van der Waals surface area contributed by atoms with Crippen LogP contribution in [0, 0.1) is 0 Å². The molecule has 3 heterocycles. The fraction of sp³-hybridized carbons (Fsp3) is 0.185. The van der Waals surface area contributed by atoms with Crippen molar-refractivity contribution in [1.29, 1.82) is 0 Å². The highest BCUT2D eigenvalue weighted by Gasteiger charge is 2.22. The zero-order valence-corrected chi connectivity index (χ0v) is 21.1. The zero-order valence-electron chi connectivity index (χ0n) is 20.3. The van der Waals surface area contributed by atoms with Crippen molar-refractivity contribution in [3.05, 3.63) is 90.9 Å². The van der Waals surface area contributed by atoms with Crippen molar-refractivity contribution >= 4 is 28.1 Å². The summed E-state index contributed by atoms with van der Waals surface area (Å²) in [6.07, 6.45) is 4.95. The summed E-state index contributed by atoms with van der Waals surface area (Å²) in [4.78, 5) is 30.5. The molecule has 2 aromatic carbocycles. The third-order valence-electron chi connectivity index (χ3n) is 5.93. The fourth-order valence-corrected chi connectivity index (χ4v) is 4.84. The van der Waals surface area contributed by atoms with Crippen LogP contribution in [-0.4, -0.2) is 63.2 Å². The first-order valence-corrected chi connectivity index (χ1v) is 13.0. The van der Waals surface area contributed by atoms with Gasteiger partial charge in [-0.15, -0.1) is 0 Å². The van der Waals surface area contributed by atoms with Gasteiger partial charge in [-0.2, -0.15) is 4.98 Å². The summed E-state index contributed by atoms with van der Waals surface area (Å²) in [5.74, 6) is 0.665. The lowest BCUT2D eigenvalue weighted by atomic mass is 10.2. The van der Waals surface area contributed by atoms with E-state index in [9.17, 15) is 9.00 Å². The second kappa shape index (κ2) is 11.3. The number of rotatable bonds is 7. The van der Waals surface area contributed by atoms with Gasteiger partial charge in [0, 0.05) is 54.7 Å². The highest BCUT2D eigenvalue weighted by atomic mass is 32.2. The Bertz CT molecular complexity index is 1400. The molecule has 1 N–H and O–H groups in total. The molecule has 5 rings (SSSR count). The number of pyridine rings is 1. The first-order valence-electron chi connectivity index (χ1n) is 11.8. The number of benzene rings is 2. The Balaban J connectivity index is 1.41. The van der Waals surface area contributed by atoms with Crippen LogP contribution in [0.15, 0.2) is 95.4 Å². The lowest BCUT2D eigenvalue weighted by Gasteiger charge is -2.34. The minimum absolute atomic E-state index is 0.119. The van der Waals surface area contributed by atoms with Crippen LogP contribution in [0.25, 0.3) is 0 Å². The van der Waals surface area contributed by atoms with Gasteiger partial charge in [-0.1, -0.05) is 24.3 Å². The van der Waals surface area contributed by atoms with Crippen LogP contribution in [0.1, 0.15) is 10.4 Å². The minimum atomic E-state index is -1.70. The number of ether oxygens (including phenoxy) is 1. The largest absolute Gasteiger partial charge is 0.437 e. The molecule has 1 amide bonds. The van der Waals surface area contributed by atoms with Gasteiger partial charge in [0.05, 0.1) is 6.20 Å². The van der Waals surface area contributed by atoms with Crippen LogP contribution in [-0.2, 0) is 10.8 Å². The number of amides is 1. The third kappa shape index (κ3) is 5.99. The molecule has 0 aliphatic carbocycles. The molecule has 1 saturated heterocycles. The number of nitrogens with zero attached hydrogens (tertiary/aromatic N) is 5. The highest BCUT2D eigenvalue weighted by molar-refractivity contribution is 7.85. The van der Waals surface area contributed by atoms with Crippen molar-refractivity contribution < 1.29 is 13.7 Å². The number of nitrogens with one attached hydrogen (secondary N) is 1. The van der Waals surface area contributed by atoms with Crippen molar-refractivity contribution in [1.82, 2.24) is 19.9 Å². The topological polar surface area (TPSA) is 101 Å². The smallest absolute Gasteiger partial charge is 0.255 e. The number of hydrogen-bond acceptors (Lipinski definition) is 8. The lowest BCUT2D eigenvalue weighted by molar-refractivity contribution is 0.102. The Morgan fingerprint density at radius 1 is 0.973 bits per heavy atom. The summed E-state index contributed by atoms with van der Waals surface area (Å²) >= 11 is 0. The van der Waals surface area contributed by atoms with E-state index < -0.39 is 10.8 Å². The van der Waals surface area contributed by atoms with Gasteiger partial charge in [0.1, 0.15) is 22.2 Å². The van der Waals surface area contributed by atoms with E-state index in [1.165, 1.54) is 0 Å². The van der Waals surface area contributed by atoms with Gasteiger partial charge in [-0.05, 0) is 49.5 Å². The average Bonchev–Trinajstić information content (AvgIpc) is 2.94. The van der Waals surface area contributed by atoms with E-state index in [0.717, 1.165) is 31.9 Å². The number of piperazine rings is 1. The molecule has 0 spiro atoms. The lowest BCUT2D eigenvalue weighted by Crippen LogP contribution is -2.44. The van der Waals surface area contributed by atoms with Crippen molar-refractivity contribution in [2.45, 2.75) is 10.1 Å².